The summed E-state index contributed by atoms with van der Waals surface area (Å²) in [6.07, 6.45) is 3.01. The van der Waals surface area contributed by atoms with Crippen LogP contribution in [0.2, 0.25) is 0 Å². The predicted octanol–water partition coefficient (Wildman–Crippen LogP) is 2.55. The van der Waals surface area contributed by atoms with Gasteiger partial charge in [-0.2, -0.15) is 5.10 Å². The number of nitrogens with one attached hydrogen (secondary N) is 2. The van der Waals surface area contributed by atoms with Crippen LogP contribution in [0, 0.1) is 10.1 Å². The number of hydrogen-bond acceptors (Lipinski definition) is 7. The maximum Gasteiger partial charge on any atom is 0.293 e. The summed E-state index contributed by atoms with van der Waals surface area (Å²) >= 11 is 0. The number of amides is 1. The first kappa shape index (κ1) is 20.0. The summed E-state index contributed by atoms with van der Waals surface area (Å²) in [7, 11) is 1.55. The highest BCUT2D eigenvalue weighted by Gasteiger charge is 2.18. The summed E-state index contributed by atoms with van der Waals surface area (Å²) in [5.41, 5.74) is 1.76. The van der Waals surface area contributed by atoms with Crippen LogP contribution in [0.25, 0.3) is 0 Å². The van der Waals surface area contributed by atoms with E-state index in [1.807, 2.05) is 12.1 Å². The zero-order chi connectivity index (χ0) is 20.6. The Hall–Kier alpha value is -3.79. The van der Waals surface area contributed by atoms with Gasteiger partial charge >= 0.3 is 0 Å². The average molecular weight is 396 g/mol. The number of benzene rings is 2. The standard InChI is InChI=1S/C19H20N6O4/c1-29-9-8-21-17-7-6-14(10-18(17)25(27)28)19(26)23-16-5-3-2-4-15(16)11-24-13-20-12-22-24/h2-7,10,12-13,21H,8-9,11H2,1H3,(H,23,26). The molecule has 2 N–H and O–H groups in total. The van der Waals surface area contributed by atoms with Crippen LogP contribution in [0.15, 0.2) is 55.1 Å². The summed E-state index contributed by atoms with van der Waals surface area (Å²) in [6.45, 7) is 1.25. The first-order valence-electron chi connectivity index (χ1n) is 8.81. The highest BCUT2D eigenvalue weighted by Crippen LogP contribution is 2.26. The maximum absolute atomic E-state index is 12.7. The van der Waals surface area contributed by atoms with E-state index >= 15 is 0 Å². The number of nitro benzene ring substituents is 1. The van der Waals surface area contributed by atoms with E-state index in [1.54, 1.807) is 30.3 Å². The van der Waals surface area contributed by atoms with E-state index in [0.29, 0.717) is 31.1 Å². The van der Waals surface area contributed by atoms with Crippen LogP contribution in [0.4, 0.5) is 17.1 Å². The summed E-state index contributed by atoms with van der Waals surface area (Å²) in [5, 5.41) is 21.2. The van der Waals surface area contributed by atoms with Gasteiger partial charge in [0.2, 0.25) is 0 Å². The van der Waals surface area contributed by atoms with Crippen molar-refractivity contribution in [2.45, 2.75) is 6.54 Å². The van der Waals surface area contributed by atoms with Crippen molar-refractivity contribution < 1.29 is 14.5 Å². The smallest absolute Gasteiger partial charge is 0.293 e. The van der Waals surface area contributed by atoms with E-state index < -0.39 is 10.8 Å². The number of ether oxygens (including phenoxy) is 1. The van der Waals surface area contributed by atoms with Gasteiger partial charge in [-0.25, -0.2) is 9.67 Å². The van der Waals surface area contributed by atoms with Gasteiger partial charge < -0.3 is 15.4 Å². The molecule has 10 heteroatoms. The topological polar surface area (TPSA) is 124 Å². The molecule has 2 aromatic carbocycles. The number of aromatic nitrogens is 3. The summed E-state index contributed by atoms with van der Waals surface area (Å²) in [6, 6.07) is 11.6. The van der Waals surface area contributed by atoms with Crippen LogP contribution in [0.5, 0.6) is 0 Å². The number of anilines is 2. The van der Waals surface area contributed by atoms with Gasteiger partial charge in [-0.05, 0) is 23.8 Å². The second-order valence-corrected chi connectivity index (χ2v) is 6.11. The normalized spacial score (nSPS) is 10.5. The summed E-state index contributed by atoms with van der Waals surface area (Å²) in [4.78, 5) is 27.5. The highest BCUT2D eigenvalue weighted by molar-refractivity contribution is 6.05. The van der Waals surface area contributed by atoms with Crippen molar-refractivity contribution in [1.82, 2.24) is 14.8 Å². The van der Waals surface area contributed by atoms with Crippen LogP contribution in [0.3, 0.4) is 0 Å². The lowest BCUT2D eigenvalue weighted by Gasteiger charge is -2.12. The molecule has 0 radical (unpaired) electrons. The van der Waals surface area contributed by atoms with E-state index in [0.717, 1.165) is 5.56 Å². The number of para-hydroxylation sites is 1. The molecular formula is C19H20N6O4. The predicted molar refractivity (Wildman–Crippen MR) is 107 cm³/mol. The largest absolute Gasteiger partial charge is 0.383 e. The Morgan fingerprint density at radius 3 is 2.79 bits per heavy atom. The van der Waals surface area contributed by atoms with Crippen molar-refractivity contribution in [3.63, 3.8) is 0 Å². The SMILES string of the molecule is COCCNc1ccc(C(=O)Nc2ccccc2Cn2cncn2)cc1[N+](=O)[O-]. The van der Waals surface area contributed by atoms with Crippen molar-refractivity contribution in [3.8, 4) is 0 Å². The Balaban J connectivity index is 1.79. The lowest BCUT2D eigenvalue weighted by molar-refractivity contribution is -0.384. The third-order valence-electron chi connectivity index (χ3n) is 4.14. The molecule has 1 heterocycles. The number of methoxy groups -OCH3 is 1. The second kappa shape index (κ2) is 9.42. The minimum Gasteiger partial charge on any atom is -0.383 e. The van der Waals surface area contributed by atoms with Gasteiger partial charge in [-0.15, -0.1) is 0 Å². The molecule has 0 aliphatic carbocycles. The molecule has 0 spiro atoms. The van der Waals surface area contributed by atoms with Gasteiger partial charge in [0.15, 0.2) is 0 Å². The molecule has 0 unspecified atom stereocenters. The van der Waals surface area contributed by atoms with Crippen molar-refractivity contribution in [3.05, 3.63) is 76.4 Å². The van der Waals surface area contributed by atoms with Crippen molar-refractivity contribution in [1.29, 1.82) is 0 Å². The Morgan fingerprint density at radius 2 is 2.07 bits per heavy atom. The van der Waals surface area contributed by atoms with Crippen LogP contribution in [0.1, 0.15) is 15.9 Å². The number of rotatable bonds is 9. The molecule has 0 aliphatic heterocycles. The molecule has 1 amide bonds. The molecule has 0 bridgehead atoms. The molecule has 3 rings (SSSR count). The van der Waals surface area contributed by atoms with Crippen molar-refractivity contribution >= 4 is 23.0 Å². The first-order chi connectivity index (χ1) is 14.1. The highest BCUT2D eigenvalue weighted by atomic mass is 16.6. The van der Waals surface area contributed by atoms with Crippen LogP contribution in [-0.4, -0.2) is 45.9 Å². The minimum atomic E-state index is -0.523. The molecule has 150 valence electrons. The molecule has 1 aromatic heterocycles. The van der Waals surface area contributed by atoms with E-state index in [4.69, 9.17) is 4.74 Å². The molecule has 0 fully saturated rings. The molecule has 0 atom stereocenters. The van der Waals surface area contributed by atoms with Gasteiger partial charge in [-0.3, -0.25) is 14.9 Å². The van der Waals surface area contributed by atoms with Gasteiger partial charge in [0, 0.05) is 31.0 Å². The molecule has 0 saturated carbocycles. The number of carbonyl (C=O) groups excluding carboxylic acids is 1. The molecule has 0 saturated heterocycles. The minimum absolute atomic E-state index is 0.176. The molecule has 29 heavy (non-hydrogen) atoms. The molecule has 3 aromatic rings. The maximum atomic E-state index is 12.7. The average Bonchev–Trinajstić information content (AvgIpc) is 3.23. The number of carbonyl (C=O) groups is 1. The van der Waals surface area contributed by atoms with E-state index in [2.05, 4.69) is 20.7 Å². The fourth-order valence-corrected chi connectivity index (χ4v) is 2.72. The van der Waals surface area contributed by atoms with Gasteiger partial charge in [-0.1, -0.05) is 18.2 Å². The quantitative estimate of drug-likeness (QED) is 0.323. The van der Waals surface area contributed by atoms with E-state index in [9.17, 15) is 14.9 Å². The van der Waals surface area contributed by atoms with Crippen LogP contribution < -0.4 is 10.6 Å². The summed E-state index contributed by atoms with van der Waals surface area (Å²) in [5.74, 6) is -0.442. The van der Waals surface area contributed by atoms with Gasteiger partial charge in [0.05, 0.1) is 18.1 Å². The fraction of sp³-hybridized carbons (Fsp3) is 0.211. The second-order valence-electron chi connectivity index (χ2n) is 6.11. The van der Waals surface area contributed by atoms with Gasteiger partial charge in [0.1, 0.15) is 18.3 Å². The van der Waals surface area contributed by atoms with Crippen molar-refractivity contribution in [2.75, 3.05) is 30.9 Å². The Morgan fingerprint density at radius 1 is 1.24 bits per heavy atom. The number of hydrogen-bond donors (Lipinski definition) is 2. The Bertz CT molecular complexity index is 990. The third-order valence-corrected chi connectivity index (χ3v) is 4.14. The zero-order valence-corrected chi connectivity index (χ0v) is 15.7. The van der Waals surface area contributed by atoms with Gasteiger partial charge in [0.25, 0.3) is 11.6 Å². The van der Waals surface area contributed by atoms with E-state index in [1.165, 1.54) is 24.5 Å². The molecular weight excluding hydrogens is 376 g/mol. The van der Waals surface area contributed by atoms with Crippen LogP contribution >= 0.6 is 0 Å². The Kier molecular flexibility index (Phi) is 6.48. The summed E-state index contributed by atoms with van der Waals surface area (Å²) < 4.78 is 6.57. The third kappa shape index (κ3) is 5.14. The number of nitrogens with zero attached hydrogens (tertiary/aromatic N) is 4. The van der Waals surface area contributed by atoms with Crippen LogP contribution in [-0.2, 0) is 11.3 Å². The lowest BCUT2D eigenvalue weighted by atomic mass is 10.1. The zero-order valence-electron chi connectivity index (χ0n) is 15.7. The lowest BCUT2D eigenvalue weighted by Crippen LogP contribution is -2.15. The first-order valence-corrected chi connectivity index (χ1v) is 8.81. The van der Waals surface area contributed by atoms with E-state index in [-0.39, 0.29) is 11.3 Å². The molecule has 0 aliphatic rings. The Labute approximate surface area is 166 Å². The molecule has 10 nitrogen and oxygen atoms in total. The van der Waals surface area contributed by atoms with Crippen molar-refractivity contribution in [2.24, 2.45) is 0 Å². The number of nitro groups is 1. The monoisotopic (exact) mass is 396 g/mol. The fourth-order valence-electron chi connectivity index (χ4n) is 2.72.